The Labute approximate surface area is 170 Å². The second kappa shape index (κ2) is 9.06. The van der Waals surface area contributed by atoms with Gasteiger partial charge in [-0.15, -0.1) is 0 Å². The molecule has 0 unspecified atom stereocenters. The van der Waals surface area contributed by atoms with E-state index in [4.69, 9.17) is 4.74 Å². The normalized spacial score (nSPS) is 10.2. The molecular weight excluding hydrogens is 372 g/mol. The fourth-order valence-corrected chi connectivity index (χ4v) is 2.85. The van der Waals surface area contributed by atoms with E-state index in [1.54, 1.807) is 7.11 Å². The van der Waals surface area contributed by atoms with Gasteiger partial charge in [0.05, 0.1) is 12.6 Å². The lowest BCUT2D eigenvalue weighted by molar-refractivity contribution is -0.00000580. The number of rotatable bonds is 6. The van der Waals surface area contributed by atoms with Crippen molar-refractivity contribution < 1.29 is 17.1 Å². The fraction of sp³-hybridized carbons (Fsp3) is 0.0909. The third kappa shape index (κ3) is 4.50. The van der Waals surface area contributed by atoms with E-state index >= 15 is 0 Å². The zero-order valence-corrected chi connectivity index (χ0v) is 16.1. The number of aromatic nitrogens is 2. The first-order valence-corrected chi connectivity index (χ1v) is 8.77. The number of hydrogen-bond acceptors (Lipinski definition) is 5. The van der Waals surface area contributed by atoms with Crippen molar-refractivity contribution in [1.29, 1.82) is 0 Å². The van der Waals surface area contributed by atoms with E-state index in [0.717, 1.165) is 28.2 Å². The summed E-state index contributed by atoms with van der Waals surface area (Å²) in [7, 11) is 1.65. The van der Waals surface area contributed by atoms with Gasteiger partial charge in [-0.05, 0) is 42.0 Å². The molecule has 1 heterocycles. The van der Waals surface area contributed by atoms with Crippen LogP contribution in [0.25, 0.3) is 10.9 Å². The molecule has 0 aliphatic carbocycles. The van der Waals surface area contributed by atoms with E-state index in [1.807, 2.05) is 66.7 Å². The van der Waals surface area contributed by atoms with Gasteiger partial charge in [0.15, 0.2) is 0 Å². The van der Waals surface area contributed by atoms with Gasteiger partial charge in [0.1, 0.15) is 11.6 Å². The van der Waals surface area contributed by atoms with E-state index in [0.29, 0.717) is 12.5 Å². The first kappa shape index (κ1) is 19.5. The number of halogens is 1. The standard InChI is InChI=1S/C22H20N4O.ClH/c1-27-18-13-11-17(12-14-18)24-22-25-20-10-6-5-9-19(20)21(26-22)23-15-16-7-3-2-4-8-16;/h2-14H,15H2,1H3,(H2,23,24,25,26);1H/p-1. The Bertz CT molecular complexity index is 1040. The van der Waals surface area contributed by atoms with Crippen LogP contribution in [0.2, 0.25) is 0 Å². The average Bonchev–Trinajstić information content (AvgIpc) is 2.73. The summed E-state index contributed by atoms with van der Waals surface area (Å²) in [5, 5.41) is 7.70. The highest BCUT2D eigenvalue weighted by molar-refractivity contribution is 5.90. The maximum atomic E-state index is 5.20. The highest BCUT2D eigenvalue weighted by Gasteiger charge is 2.08. The summed E-state index contributed by atoms with van der Waals surface area (Å²) in [6.45, 7) is 0.698. The van der Waals surface area contributed by atoms with Crippen LogP contribution in [0.4, 0.5) is 17.5 Å². The van der Waals surface area contributed by atoms with Crippen molar-refractivity contribution in [2.75, 3.05) is 17.7 Å². The van der Waals surface area contributed by atoms with Crippen molar-refractivity contribution in [2.45, 2.75) is 6.54 Å². The fourth-order valence-electron chi connectivity index (χ4n) is 2.85. The third-order valence-electron chi connectivity index (χ3n) is 4.25. The van der Waals surface area contributed by atoms with Crippen molar-refractivity contribution >= 4 is 28.4 Å². The number of ether oxygens (including phenoxy) is 1. The second-order valence-electron chi connectivity index (χ2n) is 6.11. The second-order valence-corrected chi connectivity index (χ2v) is 6.11. The molecule has 142 valence electrons. The summed E-state index contributed by atoms with van der Waals surface area (Å²) < 4.78 is 5.20. The number of benzene rings is 3. The summed E-state index contributed by atoms with van der Waals surface area (Å²) in [5.41, 5.74) is 2.99. The van der Waals surface area contributed by atoms with Crippen LogP contribution in [0.3, 0.4) is 0 Å². The highest BCUT2D eigenvalue weighted by atomic mass is 35.5. The predicted octanol–water partition coefficient (Wildman–Crippen LogP) is 2.00. The summed E-state index contributed by atoms with van der Waals surface area (Å²) in [5.74, 6) is 2.17. The van der Waals surface area contributed by atoms with Gasteiger partial charge in [0.2, 0.25) is 5.95 Å². The number of methoxy groups -OCH3 is 1. The molecule has 4 rings (SSSR count). The number of hydrogen-bond donors (Lipinski definition) is 2. The molecule has 0 saturated heterocycles. The Morgan fingerprint density at radius 3 is 2.29 bits per heavy atom. The van der Waals surface area contributed by atoms with Crippen LogP contribution in [0.15, 0.2) is 78.9 Å². The Hall–Kier alpha value is -3.31. The molecule has 0 spiro atoms. The molecule has 4 aromatic rings. The minimum atomic E-state index is 0. The number of fused-ring (bicyclic) bond motifs is 1. The monoisotopic (exact) mass is 391 g/mol. The Balaban J connectivity index is 0.00000225. The van der Waals surface area contributed by atoms with Crippen LogP contribution in [0.5, 0.6) is 5.75 Å². The number of para-hydroxylation sites is 1. The first-order chi connectivity index (χ1) is 13.3. The lowest BCUT2D eigenvalue weighted by Crippen LogP contribution is -3.00. The van der Waals surface area contributed by atoms with E-state index < -0.39 is 0 Å². The molecule has 0 aliphatic heterocycles. The molecule has 3 aromatic carbocycles. The summed E-state index contributed by atoms with van der Waals surface area (Å²) in [4.78, 5) is 9.32. The molecular formula is C22H20ClN4O-. The van der Waals surface area contributed by atoms with Crippen molar-refractivity contribution in [3.63, 3.8) is 0 Å². The van der Waals surface area contributed by atoms with Crippen LogP contribution in [0.1, 0.15) is 5.56 Å². The van der Waals surface area contributed by atoms with Crippen LogP contribution >= 0.6 is 0 Å². The largest absolute Gasteiger partial charge is 1.00 e. The van der Waals surface area contributed by atoms with Crippen molar-refractivity contribution in [2.24, 2.45) is 0 Å². The van der Waals surface area contributed by atoms with E-state index in [-0.39, 0.29) is 12.4 Å². The summed E-state index contributed by atoms with van der Waals surface area (Å²) >= 11 is 0. The van der Waals surface area contributed by atoms with E-state index in [2.05, 4.69) is 32.7 Å². The maximum absolute atomic E-state index is 5.20. The molecule has 0 fully saturated rings. The van der Waals surface area contributed by atoms with Crippen molar-refractivity contribution in [3.05, 3.63) is 84.4 Å². The Kier molecular flexibility index (Phi) is 6.29. The van der Waals surface area contributed by atoms with E-state index in [1.165, 1.54) is 5.56 Å². The van der Waals surface area contributed by atoms with Gasteiger partial charge < -0.3 is 27.8 Å². The van der Waals surface area contributed by atoms with Gasteiger partial charge in [0, 0.05) is 17.6 Å². The third-order valence-corrected chi connectivity index (χ3v) is 4.25. The van der Waals surface area contributed by atoms with Crippen molar-refractivity contribution in [1.82, 2.24) is 9.97 Å². The highest BCUT2D eigenvalue weighted by Crippen LogP contribution is 2.24. The molecule has 0 saturated carbocycles. The van der Waals surface area contributed by atoms with E-state index in [9.17, 15) is 0 Å². The van der Waals surface area contributed by atoms with Crippen LogP contribution in [-0.4, -0.2) is 17.1 Å². The minimum absolute atomic E-state index is 0. The molecule has 0 amide bonds. The van der Waals surface area contributed by atoms with Gasteiger partial charge in [-0.1, -0.05) is 42.5 Å². The molecule has 5 nitrogen and oxygen atoms in total. The molecule has 28 heavy (non-hydrogen) atoms. The molecule has 6 heteroatoms. The van der Waals surface area contributed by atoms with Crippen LogP contribution in [0, 0.1) is 0 Å². The zero-order chi connectivity index (χ0) is 18.5. The smallest absolute Gasteiger partial charge is 0.229 e. The van der Waals surface area contributed by atoms with Gasteiger partial charge in [-0.25, -0.2) is 4.98 Å². The first-order valence-electron chi connectivity index (χ1n) is 8.77. The molecule has 0 aliphatic rings. The van der Waals surface area contributed by atoms with Gasteiger partial charge >= 0.3 is 0 Å². The lowest BCUT2D eigenvalue weighted by Gasteiger charge is -2.12. The van der Waals surface area contributed by atoms with Crippen molar-refractivity contribution in [3.8, 4) is 5.75 Å². The Morgan fingerprint density at radius 2 is 1.54 bits per heavy atom. The quantitative estimate of drug-likeness (QED) is 0.526. The predicted molar refractivity (Wildman–Crippen MR) is 110 cm³/mol. The molecule has 0 radical (unpaired) electrons. The SMILES string of the molecule is COc1ccc(Nc2nc(NCc3ccccc3)c3ccccc3n2)cc1.[Cl-]. The van der Waals surface area contributed by atoms with Crippen LogP contribution < -0.4 is 27.8 Å². The zero-order valence-electron chi connectivity index (χ0n) is 15.4. The molecule has 0 atom stereocenters. The van der Waals surface area contributed by atoms with Gasteiger partial charge in [-0.2, -0.15) is 4.98 Å². The summed E-state index contributed by atoms with van der Waals surface area (Å²) in [6.07, 6.45) is 0. The average molecular weight is 392 g/mol. The molecule has 2 N–H and O–H groups in total. The minimum Gasteiger partial charge on any atom is -1.00 e. The molecule has 0 bridgehead atoms. The number of nitrogens with zero attached hydrogens (tertiary/aromatic N) is 2. The number of nitrogens with one attached hydrogen (secondary N) is 2. The maximum Gasteiger partial charge on any atom is 0.229 e. The summed E-state index contributed by atoms with van der Waals surface area (Å²) in [6, 6.07) is 25.9. The lowest BCUT2D eigenvalue weighted by atomic mass is 10.2. The van der Waals surface area contributed by atoms with Crippen LogP contribution in [-0.2, 0) is 6.54 Å². The topological polar surface area (TPSA) is 59.1 Å². The van der Waals surface area contributed by atoms with Gasteiger partial charge in [-0.3, -0.25) is 0 Å². The number of anilines is 3. The Morgan fingerprint density at radius 1 is 0.821 bits per heavy atom. The molecule has 1 aromatic heterocycles. The van der Waals surface area contributed by atoms with Gasteiger partial charge in [0.25, 0.3) is 0 Å².